The first kappa shape index (κ1) is 28.7. The fourth-order valence-electron chi connectivity index (χ4n) is 6.34. The van der Waals surface area contributed by atoms with Gasteiger partial charge in [-0.3, -0.25) is 19.4 Å². The van der Waals surface area contributed by atoms with Crippen LogP contribution in [0.3, 0.4) is 0 Å². The summed E-state index contributed by atoms with van der Waals surface area (Å²) in [5, 5.41) is 5.07. The van der Waals surface area contributed by atoms with Gasteiger partial charge in [0.2, 0.25) is 11.8 Å². The number of carbonyl (C=O) groups excluding carboxylic acids is 2. The molecule has 2 fully saturated rings. The average Bonchev–Trinajstić information content (AvgIpc) is 3.37. The molecule has 40 heavy (non-hydrogen) atoms. The Labute approximate surface area is 242 Å². The van der Waals surface area contributed by atoms with E-state index in [1.807, 2.05) is 42.6 Å². The third-order valence-corrected chi connectivity index (χ3v) is 8.95. The van der Waals surface area contributed by atoms with E-state index in [0.717, 1.165) is 54.3 Å². The van der Waals surface area contributed by atoms with Gasteiger partial charge in [0, 0.05) is 74.4 Å². The zero-order chi connectivity index (χ0) is 27.9. The summed E-state index contributed by atoms with van der Waals surface area (Å²) < 4.78 is 0. The molecule has 1 saturated heterocycles. The molecule has 2 aliphatic rings. The number of hydrogen-bond acceptors (Lipinski definition) is 4. The highest BCUT2D eigenvalue weighted by atomic mass is 35.5. The number of carbonyl (C=O) groups is 2. The van der Waals surface area contributed by atoms with Gasteiger partial charge in [-0.05, 0) is 42.5 Å². The summed E-state index contributed by atoms with van der Waals surface area (Å²) in [6.45, 7) is 6.67. The standard InChI is InChI=1S/C32H42ClN5O2/c1-24(39)38(21-25-9-5-7-13-30(25)33)22-27(19-26-20-34-31-14-8-6-12-29(26)31)35-32(40)23-36-15-17-37(18-16-36)28-10-3-2-4-11-28/h5-9,12-14,20,27-28,34H,2-4,10-11,15-19,21-23H2,1H3,(H,35,40). The van der Waals surface area contributed by atoms with Crippen molar-refractivity contribution in [1.29, 1.82) is 0 Å². The molecule has 2 amide bonds. The lowest BCUT2D eigenvalue weighted by Gasteiger charge is -2.40. The van der Waals surface area contributed by atoms with Gasteiger partial charge in [-0.2, -0.15) is 0 Å². The number of rotatable bonds is 10. The first-order chi connectivity index (χ1) is 19.5. The van der Waals surface area contributed by atoms with E-state index in [-0.39, 0.29) is 17.9 Å². The largest absolute Gasteiger partial charge is 0.361 e. The summed E-state index contributed by atoms with van der Waals surface area (Å²) >= 11 is 6.42. The summed E-state index contributed by atoms with van der Waals surface area (Å²) in [5.41, 5.74) is 3.09. The molecule has 3 aromatic rings. The fraction of sp³-hybridized carbons (Fsp3) is 0.500. The number of amides is 2. The number of aromatic amines is 1. The van der Waals surface area contributed by atoms with Gasteiger partial charge in [0.05, 0.1) is 12.6 Å². The van der Waals surface area contributed by atoms with Crippen molar-refractivity contribution in [1.82, 2.24) is 25.0 Å². The smallest absolute Gasteiger partial charge is 0.234 e. The van der Waals surface area contributed by atoms with Crippen LogP contribution < -0.4 is 5.32 Å². The lowest BCUT2D eigenvalue weighted by atomic mass is 9.94. The Balaban J connectivity index is 1.24. The monoisotopic (exact) mass is 563 g/mol. The molecule has 1 unspecified atom stereocenters. The molecule has 214 valence electrons. The summed E-state index contributed by atoms with van der Waals surface area (Å²) in [4.78, 5) is 36.1. The molecular weight excluding hydrogens is 522 g/mol. The van der Waals surface area contributed by atoms with E-state index in [4.69, 9.17) is 11.6 Å². The van der Waals surface area contributed by atoms with Crippen molar-refractivity contribution >= 4 is 34.3 Å². The number of hydrogen-bond donors (Lipinski definition) is 2. The minimum absolute atomic E-state index is 0.0113. The van der Waals surface area contributed by atoms with E-state index in [1.54, 1.807) is 11.8 Å². The van der Waals surface area contributed by atoms with Gasteiger partial charge in [-0.15, -0.1) is 0 Å². The molecule has 1 aromatic heterocycles. The highest BCUT2D eigenvalue weighted by Gasteiger charge is 2.27. The number of H-pyrrole nitrogens is 1. The molecule has 7 nitrogen and oxygen atoms in total. The van der Waals surface area contributed by atoms with Crippen molar-refractivity contribution in [2.75, 3.05) is 39.3 Å². The number of piperazine rings is 1. The normalized spacial score (nSPS) is 18.1. The van der Waals surface area contributed by atoms with Crippen molar-refractivity contribution < 1.29 is 9.59 Å². The molecule has 0 spiro atoms. The van der Waals surface area contributed by atoms with E-state index in [0.29, 0.717) is 31.1 Å². The second-order valence-corrected chi connectivity index (χ2v) is 11.8. The lowest BCUT2D eigenvalue weighted by molar-refractivity contribution is -0.131. The van der Waals surface area contributed by atoms with Gasteiger partial charge < -0.3 is 15.2 Å². The Hall–Kier alpha value is -2.87. The van der Waals surface area contributed by atoms with E-state index in [2.05, 4.69) is 32.2 Å². The molecule has 5 rings (SSSR count). The summed E-state index contributed by atoms with van der Waals surface area (Å²) in [5.74, 6) is -0.0332. The molecule has 0 bridgehead atoms. The minimum atomic E-state index is -0.235. The maximum absolute atomic E-state index is 13.4. The van der Waals surface area contributed by atoms with Crippen LogP contribution in [0.2, 0.25) is 5.02 Å². The third kappa shape index (κ3) is 7.45. The van der Waals surface area contributed by atoms with E-state index < -0.39 is 0 Å². The molecular formula is C32H42ClN5O2. The summed E-state index contributed by atoms with van der Waals surface area (Å²) in [7, 11) is 0. The van der Waals surface area contributed by atoms with Crippen molar-refractivity contribution in [3.63, 3.8) is 0 Å². The second kappa shape index (κ2) is 13.7. The predicted molar refractivity (Wildman–Crippen MR) is 161 cm³/mol. The van der Waals surface area contributed by atoms with Crippen molar-refractivity contribution in [3.05, 3.63) is 70.9 Å². The number of aromatic nitrogens is 1. The number of benzene rings is 2. The van der Waals surface area contributed by atoms with Crippen molar-refractivity contribution in [2.45, 2.75) is 64.1 Å². The predicted octanol–water partition coefficient (Wildman–Crippen LogP) is 4.85. The van der Waals surface area contributed by atoms with Gasteiger partial charge in [-0.25, -0.2) is 0 Å². The van der Waals surface area contributed by atoms with Crippen LogP contribution in [-0.4, -0.2) is 82.9 Å². The zero-order valence-electron chi connectivity index (χ0n) is 23.6. The molecule has 1 saturated carbocycles. The Kier molecular flexibility index (Phi) is 9.79. The average molecular weight is 564 g/mol. The molecule has 1 aliphatic heterocycles. The van der Waals surface area contributed by atoms with Gasteiger partial charge >= 0.3 is 0 Å². The lowest BCUT2D eigenvalue weighted by Crippen LogP contribution is -2.54. The Bertz CT molecular complexity index is 1280. The number of nitrogens with zero attached hydrogens (tertiary/aromatic N) is 3. The maximum atomic E-state index is 13.4. The first-order valence-electron chi connectivity index (χ1n) is 14.8. The Morgan fingerprint density at radius 2 is 1.73 bits per heavy atom. The molecule has 0 radical (unpaired) electrons. The fourth-order valence-corrected chi connectivity index (χ4v) is 6.53. The van der Waals surface area contributed by atoms with Crippen molar-refractivity contribution in [2.24, 2.45) is 0 Å². The van der Waals surface area contributed by atoms with E-state index >= 15 is 0 Å². The van der Waals surface area contributed by atoms with Gasteiger partial charge in [-0.1, -0.05) is 67.3 Å². The Morgan fingerprint density at radius 3 is 2.48 bits per heavy atom. The molecule has 2 heterocycles. The summed E-state index contributed by atoms with van der Waals surface area (Å²) in [6, 6.07) is 16.3. The highest BCUT2D eigenvalue weighted by molar-refractivity contribution is 6.31. The number of para-hydroxylation sites is 1. The number of nitrogens with one attached hydrogen (secondary N) is 2. The Morgan fingerprint density at radius 1 is 1.00 bits per heavy atom. The van der Waals surface area contributed by atoms with Crippen LogP contribution in [0.25, 0.3) is 10.9 Å². The third-order valence-electron chi connectivity index (χ3n) is 8.58. The number of halogens is 1. The second-order valence-electron chi connectivity index (χ2n) is 11.4. The SMILES string of the molecule is CC(=O)N(Cc1ccccc1Cl)CC(Cc1c[nH]c2ccccc12)NC(=O)CN1CCN(C2CCCCC2)CC1. The molecule has 8 heteroatoms. The quantitative estimate of drug-likeness (QED) is 0.370. The first-order valence-corrected chi connectivity index (χ1v) is 15.1. The topological polar surface area (TPSA) is 71.7 Å². The van der Waals surface area contributed by atoms with E-state index in [1.165, 1.54) is 32.1 Å². The molecule has 1 atom stereocenters. The minimum Gasteiger partial charge on any atom is -0.361 e. The molecule has 1 aliphatic carbocycles. The zero-order valence-corrected chi connectivity index (χ0v) is 24.3. The van der Waals surface area contributed by atoms with Crippen molar-refractivity contribution in [3.8, 4) is 0 Å². The van der Waals surface area contributed by atoms with Crippen LogP contribution in [0.4, 0.5) is 0 Å². The van der Waals surface area contributed by atoms with Gasteiger partial charge in [0.15, 0.2) is 0 Å². The van der Waals surface area contributed by atoms with Gasteiger partial charge in [0.1, 0.15) is 0 Å². The molecule has 2 N–H and O–H groups in total. The van der Waals surface area contributed by atoms with Crippen LogP contribution in [0, 0.1) is 0 Å². The maximum Gasteiger partial charge on any atom is 0.234 e. The highest BCUT2D eigenvalue weighted by Crippen LogP contribution is 2.24. The van der Waals surface area contributed by atoms with Crippen LogP contribution >= 0.6 is 11.6 Å². The van der Waals surface area contributed by atoms with Gasteiger partial charge in [0.25, 0.3) is 0 Å². The molecule has 2 aromatic carbocycles. The summed E-state index contributed by atoms with van der Waals surface area (Å²) in [6.07, 6.45) is 9.33. The van der Waals surface area contributed by atoms with Crippen LogP contribution in [0.1, 0.15) is 50.2 Å². The number of fused-ring (bicyclic) bond motifs is 1. The van der Waals surface area contributed by atoms with Crippen LogP contribution in [0.15, 0.2) is 54.7 Å². The van der Waals surface area contributed by atoms with Crippen LogP contribution in [0.5, 0.6) is 0 Å². The van der Waals surface area contributed by atoms with E-state index in [9.17, 15) is 9.59 Å². The van der Waals surface area contributed by atoms with Crippen LogP contribution in [-0.2, 0) is 22.6 Å².